The van der Waals surface area contributed by atoms with Gasteiger partial charge in [0.25, 0.3) is 5.56 Å². The summed E-state index contributed by atoms with van der Waals surface area (Å²) in [4.78, 5) is 16.3. The third kappa shape index (κ3) is 5.32. The van der Waals surface area contributed by atoms with Crippen LogP contribution in [-0.2, 0) is 18.1 Å². The van der Waals surface area contributed by atoms with E-state index in [9.17, 15) is 23.1 Å². The van der Waals surface area contributed by atoms with Crippen LogP contribution in [0.25, 0.3) is 0 Å². The van der Waals surface area contributed by atoms with E-state index in [1.54, 1.807) is 0 Å². The van der Waals surface area contributed by atoms with Crippen molar-refractivity contribution in [2.45, 2.75) is 45.0 Å². The highest BCUT2D eigenvalue weighted by Crippen LogP contribution is 2.31. The topological polar surface area (TPSA) is 64.4 Å². The summed E-state index contributed by atoms with van der Waals surface area (Å²) in [6, 6.07) is 5.79. The highest BCUT2D eigenvalue weighted by atomic mass is 19.4. The average Bonchev–Trinajstić information content (AvgIpc) is 2.53. The van der Waals surface area contributed by atoms with Crippen molar-refractivity contribution in [1.29, 1.82) is 0 Å². The van der Waals surface area contributed by atoms with Crippen molar-refractivity contribution in [2.75, 3.05) is 6.61 Å². The predicted octanol–water partition coefficient (Wildman–Crippen LogP) is 3.00. The number of aliphatic hydroxyl groups excluding tert-OH is 1. The molecule has 0 radical (unpaired) electrons. The van der Waals surface area contributed by atoms with Crippen molar-refractivity contribution in [2.24, 2.45) is 0 Å². The van der Waals surface area contributed by atoms with Gasteiger partial charge >= 0.3 is 6.18 Å². The largest absolute Gasteiger partial charge is 0.491 e. The first-order valence-electron chi connectivity index (χ1n) is 8.02. The molecular weight excluding hydrogens is 349 g/mol. The van der Waals surface area contributed by atoms with E-state index in [-0.39, 0.29) is 29.9 Å². The van der Waals surface area contributed by atoms with Crippen LogP contribution in [0.1, 0.15) is 32.0 Å². The molecule has 26 heavy (non-hydrogen) atoms. The van der Waals surface area contributed by atoms with E-state index in [1.807, 2.05) is 20.8 Å². The first-order chi connectivity index (χ1) is 12.0. The standard InChI is InChI=1S/C18H21F3N2O3/c1-17(2,3)15-8-16(25)23(11-22-15)9-13(24)10-26-14-6-4-5-12(7-14)18(19,20)21/h4-8,11,13,24H,9-10H2,1-3H3. The molecule has 0 bridgehead atoms. The molecule has 2 rings (SSSR count). The molecule has 1 aromatic carbocycles. The zero-order valence-electron chi connectivity index (χ0n) is 14.7. The van der Waals surface area contributed by atoms with Crippen LogP contribution in [-0.4, -0.2) is 27.4 Å². The molecule has 1 aromatic heterocycles. The fourth-order valence-electron chi connectivity index (χ4n) is 2.21. The Labute approximate surface area is 149 Å². The minimum atomic E-state index is -4.47. The molecule has 0 aliphatic heterocycles. The zero-order chi connectivity index (χ0) is 19.5. The van der Waals surface area contributed by atoms with Crippen LogP contribution in [0.4, 0.5) is 13.2 Å². The maximum Gasteiger partial charge on any atom is 0.416 e. The monoisotopic (exact) mass is 370 g/mol. The van der Waals surface area contributed by atoms with Crippen molar-refractivity contribution < 1.29 is 23.0 Å². The highest BCUT2D eigenvalue weighted by Gasteiger charge is 2.30. The second-order valence-corrected chi connectivity index (χ2v) is 7.01. The van der Waals surface area contributed by atoms with E-state index < -0.39 is 17.8 Å². The predicted molar refractivity (Wildman–Crippen MR) is 90.1 cm³/mol. The quantitative estimate of drug-likeness (QED) is 0.879. The molecule has 0 fully saturated rings. The maximum absolute atomic E-state index is 12.7. The van der Waals surface area contributed by atoms with Gasteiger partial charge in [-0.1, -0.05) is 26.8 Å². The summed E-state index contributed by atoms with van der Waals surface area (Å²) in [5.41, 5.74) is -0.789. The van der Waals surface area contributed by atoms with Gasteiger partial charge in [-0.2, -0.15) is 13.2 Å². The highest BCUT2D eigenvalue weighted by molar-refractivity contribution is 5.30. The van der Waals surface area contributed by atoms with Gasteiger partial charge in [0.1, 0.15) is 18.5 Å². The second kappa shape index (κ2) is 7.49. The number of ether oxygens (including phenoxy) is 1. The average molecular weight is 370 g/mol. The fraction of sp³-hybridized carbons (Fsp3) is 0.444. The first-order valence-corrected chi connectivity index (χ1v) is 8.02. The van der Waals surface area contributed by atoms with Crippen LogP contribution >= 0.6 is 0 Å². The van der Waals surface area contributed by atoms with E-state index in [2.05, 4.69) is 4.98 Å². The summed E-state index contributed by atoms with van der Waals surface area (Å²) in [5.74, 6) is -0.00701. The van der Waals surface area contributed by atoms with Gasteiger partial charge in [-0.25, -0.2) is 4.98 Å². The Kier molecular flexibility index (Phi) is 5.75. The lowest BCUT2D eigenvalue weighted by Gasteiger charge is -2.18. The lowest BCUT2D eigenvalue weighted by atomic mass is 9.92. The summed E-state index contributed by atoms with van der Waals surface area (Å²) >= 11 is 0. The number of hydrogen-bond acceptors (Lipinski definition) is 4. The number of alkyl halides is 3. The maximum atomic E-state index is 12.7. The number of rotatable bonds is 5. The van der Waals surface area contributed by atoms with Gasteiger partial charge in [0.15, 0.2) is 0 Å². The number of aliphatic hydroxyl groups is 1. The van der Waals surface area contributed by atoms with Crippen LogP contribution in [0.3, 0.4) is 0 Å². The van der Waals surface area contributed by atoms with Crippen LogP contribution < -0.4 is 10.3 Å². The molecule has 0 amide bonds. The van der Waals surface area contributed by atoms with Crippen molar-refractivity contribution >= 4 is 0 Å². The second-order valence-electron chi connectivity index (χ2n) is 7.01. The number of hydrogen-bond donors (Lipinski definition) is 1. The molecule has 2 aromatic rings. The Hall–Kier alpha value is -2.35. The summed E-state index contributed by atoms with van der Waals surface area (Å²) in [5, 5.41) is 10.0. The van der Waals surface area contributed by atoms with Crippen molar-refractivity contribution in [3.63, 3.8) is 0 Å². The van der Waals surface area contributed by atoms with E-state index >= 15 is 0 Å². The molecule has 0 aliphatic rings. The summed E-state index contributed by atoms with van der Waals surface area (Å²) in [7, 11) is 0. The van der Waals surface area contributed by atoms with Crippen molar-refractivity contribution in [1.82, 2.24) is 9.55 Å². The molecule has 1 N–H and O–H groups in total. The number of benzene rings is 1. The molecule has 142 valence electrons. The Balaban J connectivity index is 2.00. The smallest absolute Gasteiger partial charge is 0.416 e. The van der Waals surface area contributed by atoms with Gasteiger partial charge in [-0.15, -0.1) is 0 Å². The van der Waals surface area contributed by atoms with Gasteiger partial charge in [0.05, 0.1) is 24.1 Å². The molecular formula is C18H21F3N2O3. The Morgan fingerprint density at radius 1 is 1.23 bits per heavy atom. The molecule has 1 atom stereocenters. The van der Waals surface area contributed by atoms with Crippen LogP contribution in [0.15, 0.2) is 41.5 Å². The number of nitrogens with zero attached hydrogens (tertiary/aromatic N) is 2. The summed E-state index contributed by atoms with van der Waals surface area (Å²) in [6.07, 6.45) is -4.20. The van der Waals surface area contributed by atoms with Crippen molar-refractivity contribution in [3.8, 4) is 5.75 Å². The van der Waals surface area contributed by atoms with Gasteiger partial charge in [0.2, 0.25) is 0 Å². The molecule has 5 nitrogen and oxygen atoms in total. The van der Waals surface area contributed by atoms with Gasteiger partial charge < -0.3 is 9.84 Å². The molecule has 8 heteroatoms. The van der Waals surface area contributed by atoms with Crippen molar-refractivity contribution in [3.05, 3.63) is 58.3 Å². The van der Waals surface area contributed by atoms with Gasteiger partial charge in [-0.05, 0) is 18.2 Å². The summed E-state index contributed by atoms with van der Waals surface area (Å²) < 4.78 is 44.4. The van der Waals surface area contributed by atoms with Crippen LogP contribution in [0.5, 0.6) is 5.75 Å². The molecule has 0 saturated carbocycles. The molecule has 0 aliphatic carbocycles. The van der Waals surface area contributed by atoms with Crippen LogP contribution in [0, 0.1) is 0 Å². The minimum Gasteiger partial charge on any atom is -0.491 e. The van der Waals surface area contributed by atoms with E-state index in [4.69, 9.17) is 4.74 Å². The molecule has 1 heterocycles. The Bertz CT molecular complexity index is 810. The van der Waals surface area contributed by atoms with E-state index in [1.165, 1.54) is 29.1 Å². The Morgan fingerprint density at radius 2 is 1.92 bits per heavy atom. The lowest BCUT2D eigenvalue weighted by Crippen LogP contribution is -2.31. The third-order valence-corrected chi connectivity index (χ3v) is 3.66. The molecule has 1 unspecified atom stereocenters. The molecule has 0 saturated heterocycles. The van der Waals surface area contributed by atoms with Gasteiger partial charge in [0, 0.05) is 11.5 Å². The minimum absolute atomic E-state index is 0.00701. The SMILES string of the molecule is CC(C)(C)c1cc(=O)n(CC(O)COc2cccc(C(F)(F)F)c2)cn1. The van der Waals surface area contributed by atoms with E-state index in [0.29, 0.717) is 5.69 Å². The Morgan fingerprint density at radius 3 is 2.50 bits per heavy atom. The normalized spacial score (nSPS) is 13.5. The lowest BCUT2D eigenvalue weighted by molar-refractivity contribution is -0.137. The zero-order valence-corrected chi connectivity index (χ0v) is 14.7. The van der Waals surface area contributed by atoms with Crippen LogP contribution in [0.2, 0.25) is 0 Å². The number of halogens is 3. The fourth-order valence-corrected chi connectivity index (χ4v) is 2.21. The summed E-state index contributed by atoms with van der Waals surface area (Å²) in [6.45, 7) is 5.45. The first kappa shape index (κ1) is 20.0. The van der Waals surface area contributed by atoms with E-state index in [0.717, 1.165) is 12.1 Å². The molecule has 0 spiro atoms. The third-order valence-electron chi connectivity index (χ3n) is 3.66. The number of aromatic nitrogens is 2. The van der Waals surface area contributed by atoms with Gasteiger partial charge in [-0.3, -0.25) is 9.36 Å².